The van der Waals surface area contributed by atoms with Crippen molar-refractivity contribution in [3.63, 3.8) is 0 Å². The van der Waals surface area contributed by atoms with E-state index in [0.717, 1.165) is 0 Å². The number of esters is 1. The highest BCUT2D eigenvalue weighted by Crippen LogP contribution is 2.29. The molecule has 0 atom stereocenters. The zero-order valence-corrected chi connectivity index (χ0v) is 12.3. The first-order chi connectivity index (χ1) is 10.0. The van der Waals surface area contributed by atoms with Crippen molar-refractivity contribution >= 4 is 34.6 Å². The molecular weight excluding hydrogens is 296 g/mol. The molecule has 0 saturated carbocycles. The monoisotopic (exact) mass is 308 g/mol. The van der Waals surface area contributed by atoms with Crippen LogP contribution in [0.5, 0.6) is 5.75 Å². The Morgan fingerprint density at radius 2 is 2.14 bits per heavy atom. The van der Waals surface area contributed by atoms with Gasteiger partial charge in [0.15, 0.2) is 0 Å². The van der Waals surface area contributed by atoms with Crippen LogP contribution in [0.3, 0.4) is 0 Å². The summed E-state index contributed by atoms with van der Waals surface area (Å²) in [5.74, 6) is -0.0490. The zero-order valence-electron chi connectivity index (χ0n) is 11.5. The summed E-state index contributed by atoms with van der Waals surface area (Å²) < 4.78 is 15.1. The molecule has 0 unspecified atom stereocenters. The van der Waals surface area contributed by atoms with E-state index in [2.05, 4.69) is 0 Å². The molecule has 0 amide bonds. The molecule has 2 aromatic rings. The fourth-order valence-corrected chi connectivity index (χ4v) is 2.00. The van der Waals surface area contributed by atoms with Crippen molar-refractivity contribution in [2.45, 2.75) is 6.92 Å². The summed E-state index contributed by atoms with van der Waals surface area (Å²) in [6.45, 7) is 1.96. The zero-order chi connectivity index (χ0) is 15.4. The standard InChI is InChI=1S/C15H13ClO5/c1-3-20-14(17)5-4-9-6-11-12(19-2)7-10(16)8-13(11)21-15(9)18/h4-8H,3H2,1-2H3/b5-4+. The van der Waals surface area contributed by atoms with Crippen molar-refractivity contribution in [1.29, 1.82) is 0 Å². The quantitative estimate of drug-likeness (QED) is 0.493. The second kappa shape index (κ2) is 6.45. The van der Waals surface area contributed by atoms with Crippen LogP contribution in [-0.4, -0.2) is 19.7 Å². The molecule has 1 aromatic heterocycles. The Bertz CT molecular complexity index is 760. The highest BCUT2D eigenvalue weighted by atomic mass is 35.5. The third-order valence-corrected chi connectivity index (χ3v) is 2.93. The summed E-state index contributed by atoms with van der Waals surface area (Å²) in [4.78, 5) is 23.1. The minimum absolute atomic E-state index is 0.219. The molecule has 0 N–H and O–H groups in total. The number of methoxy groups -OCH3 is 1. The van der Waals surface area contributed by atoms with Gasteiger partial charge in [0.1, 0.15) is 11.3 Å². The lowest BCUT2D eigenvalue weighted by Gasteiger charge is -2.05. The predicted octanol–water partition coefficient (Wildman–Crippen LogP) is 3.03. The number of fused-ring (bicyclic) bond motifs is 1. The van der Waals surface area contributed by atoms with Crippen molar-refractivity contribution in [3.8, 4) is 5.75 Å². The number of carbonyl (C=O) groups excluding carboxylic acids is 1. The topological polar surface area (TPSA) is 65.7 Å². The minimum atomic E-state index is -0.577. The van der Waals surface area contributed by atoms with Gasteiger partial charge in [0.05, 0.1) is 24.7 Å². The Labute approximate surface area is 125 Å². The Balaban J connectivity index is 2.51. The lowest BCUT2D eigenvalue weighted by molar-refractivity contribution is -0.137. The third-order valence-electron chi connectivity index (χ3n) is 2.71. The van der Waals surface area contributed by atoms with Crippen LogP contribution in [0.2, 0.25) is 5.02 Å². The van der Waals surface area contributed by atoms with Crippen molar-refractivity contribution in [1.82, 2.24) is 0 Å². The maximum atomic E-state index is 11.9. The molecule has 0 aliphatic carbocycles. The van der Waals surface area contributed by atoms with E-state index in [1.807, 2.05) is 0 Å². The largest absolute Gasteiger partial charge is 0.496 e. The van der Waals surface area contributed by atoms with Crippen LogP contribution in [0.15, 0.2) is 33.5 Å². The van der Waals surface area contributed by atoms with Gasteiger partial charge < -0.3 is 13.9 Å². The molecule has 21 heavy (non-hydrogen) atoms. The molecule has 110 valence electrons. The van der Waals surface area contributed by atoms with E-state index in [4.69, 9.17) is 25.5 Å². The molecule has 0 saturated heterocycles. The maximum Gasteiger partial charge on any atom is 0.343 e. The third kappa shape index (κ3) is 3.44. The Hall–Kier alpha value is -2.27. The number of hydrogen-bond donors (Lipinski definition) is 0. The number of benzene rings is 1. The predicted molar refractivity (Wildman–Crippen MR) is 79.7 cm³/mol. The number of halogens is 1. The number of ether oxygens (including phenoxy) is 2. The maximum absolute atomic E-state index is 11.9. The van der Waals surface area contributed by atoms with Crippen molar-refractivity contribution in [2.24, 2.45) is 0 Å². The average Bonchev–Trinajstić information content (AvgIpc) is 2.44. The highest BCUT2D eigenvalue weighted by molar-refractivity contribution is 6.31. The van der Waals surface area contributed by atoms with Gasteiger partial charge >= 0.3 is 11.6 Å². The van der Waals surface area contributed by atoms with E-state index in [-0.39, 0.29) is 12.2 Å². The summed E-state index contributed by atoms with van der Waals surface area (Å²) in [6.07, 6.45) is 2.52. The lowest BCUT2D eigenvalue weighted by atomic mass is 10.1. The lowest BCUT2D eigenvalue weighted by Crippen LogP contribution is -2.04. The molecule has 1 aromatic carbocycles. The van der Waals surface area contributed by atoms with Crippen LogP contribution in [-0.2, 0) is 9.53 Å². The second-order valence-electron chi connectivity index (χ2n) is 4.09. The molecule has 1 heterocycles. The van der Waals surface area contributed by atoms with Gasteiger partial charge in [-0.15, -0.1) is 0 Å². The first-order valence-electron chi connectivity index (χ1n) is 6.21. The van der Waals surface area contributed by atoms with Crippen molar-refractivity contribution in [2.75, 3.05) is 13.7 Å². The van der Waals surface area contributed by atoms with Gasteiger partial charge in [-0.25, -0.2) is 9.59 Å². The van der Waals surface area contributed by atoms with E-state index in [1.54, 1.807) is 19.1 Å². The van der Waals surface area contributed by atoms with Crippen LogP contribution < -0.4 is 10.4 Å². The molecule has 0 aliphatic rings. The van der Waals surface area contributed by atoms with Crippen LogP contribution in [0, 0.1) is 0 Å². The van der Waals surface area contributed by atoms with Gasteiger partial charge in [-0.3, -0.25) is 0 Å². The Kier molecular flexibility index (Phi) is 4.65. The first-order valence-corrected chi connectivity index (χ1v) is 6.59. The van der Waals surface area contributed by atoms with E-state index < -0.39 is 11.6 Å². The Morgan fingerprint density at radius 3 is 2.81 bits per heavy atom. The number of hydrogen-bond acceptors (Lipinski definition) is 5. The van der Waals surface area contributed by atoms with Crippen molar-refractivity contribution in [3.05, 3.63) is 45.3 Å². The van der Waals surface area contributed by atoms with Crippen LogP contribution >= 0.6 is 11.6 Å². The van der Waals surface area contributed by atoms with E-state index >= 15 is 0 Å². The fourth-order valence-electron chi connectivity index (χ4n) is 1.80. The van der Waals surface area contributed by atoms with Gasteiger partial charge in [0, 0.05) is 17.2 Å². The summed E-state index contributed by atoms with van der Waals surface area (Å²) >= 11 is 5.91. The molecule has 0 bridgehead atoms. The summed E-state index contributed by atoms with van der Waals surface area (Å²) in [7, 11) is 1.49. The number of rotatable bonds is 4. The highest BCUT2D eigenvalue weighted by Gasteiger charge is 2.09. The van der Waals surface area contributed by atoms with Gasteiger partial charge in [0.2, 0.25) is 0 Å². The Morgan fingerprint density at radius 1 is 1.38 bits per heavy atom. The molecule has 6 heteroatoms. The van der Waals surface area contributed by atoms with Crippen LogP contribution in [0.1, 0.15) is 12.5 Å². The van der Waals surface area contributed by atoms with E-state index in [0.29, 0.717) is 21.7 Å². The van der Waals surface area contributed by atoms with Gasteiger partial charge in [-0.2, -0.15) is 0 Å². The second-order valence-corrected chi connectivity index (χ2v) is 4.53. The molecular formula is C15H13ClO5. The van der Waals surface area contributed by atoms with Gasteiger partial charge in [0.25, 0.3) is 0 Å². The number of carbonyl (C=O) groups is 1. The first kappa shape index (κ1) is 15.1. The average molecular weight is 309 g/mol. The van der Waals surface area contributed by atoms with Crippen LogP contribution in [0.4, 0.5) is 0 Å². The minimum Gasteiger partial charge on any atom is -0.496 e. The van der Waals surface area contributed by atoms with E-state index in [1.165, 1.54) is 25.3 Å². The van der Waals surface area contributed by atoms with E-state index in [9.17, 15) is 9.59 Å². The summed E-state index contributed by atoms with van der Waals surface area (Å²) in [5, 5.41) is 0.988. The van der Waals surface area contributed by atoms with Crippen molar-refractivity contribution < 1.29 is 18.7 Å². The molecule has 0 spiro atoms. The van der Waals surface area contributed by atoms with Crippen LogP contribution in [0.25, 0.3) is 17.0 Å². The molecule has 5 nitrogen and oxygen atoms in total. The molecule has 0 fully saturated rings. The summed E-state index contributed by atoms with van der Waals surface area (Å²) in [5.41, 5.74) is -0.0406. The molecule has 0 aliphatic heterocycles. The van der Waals surface area contributed by atoms with Gasteiger partial charge in [-0.1, -0.05) is 11.6 Å². The van der Waals surface area contributed by atoms with Gasteiger partial charge in [-0.05, 0) is 25.1 Å². The smallest absolute Gasteiger partial charge is 0.343 e. The SMILES string of the molecule is CCOC(=O)/C=C/c1cc2c(OC)cc(Cl)cc2oc1=O. The molecule has 0 radical (unpaired) electrons. The fraction of sp³-hybridized carbons (Fsp3) is 0.200. The molecule has 2 rings (SSSR count). The summed E-state index contributed by atoms with van der Waals surface area (Å²) in [6, 6.07) is 4.72. The normalized spacial score (nSPS) is 11.0.